The molecule has 20 heavy (non-hydrogen) atoms. The Bertz CT molecular complexity index is 809. The number of aryl methyl sites for hydroxylation is 1. The molecule has 102 valence electrons. The molecule has 0 fully saturated rings. The third-order valence-corrected chi connectivity index (χ3v) is 4.24. The number of carbonyl (C=O) groups is 1. The first kappa shape index (κ1) is 13.1. The number of esters is 1. The summed E-state index contributed by atoms with van der Waals surface area (Å²) in [5, 5.41) is 10.6. The fourth-order valence-corrected chi connectivity index (χ4v) is 3.09. The van der Waals surface area contributed by atoms with Gasteiger partial charge in [0.2, 0.25) is 0 Å². The Balaban J connectivity index is 2.28. The Morgan fingerprint density at radius 1 is 1.45 bits per heavy atom. The quantitative estimate of drug-likeness (QED) is 0.682. The van der Waals surface area contributed by atoms with Gasteiger partial charge in [-0.3, -0.25) is 4.40 Å². The summed E-state index contributed by atoms with van der Waals surface area (Å²) in [6.45, 7) is 2.00. The van der Waals surface area contributed by atoms with Crippen LogP contribution < -0.4 is 0 Å². The Hall–Kier alpha value is -1.92. The molecule has 0 aliphatic rings. The van der Waals surface area contributed by atoms with Gasteiger partial charge in [-0.05, 0) is 30.0 Å². The summed E-state index contributed by atoms with van der Waals surface area (Å²) < 4.78 is 6.44. The van der Waals surface area contributed by atoms with Gasteiger partial charge in [-0.25, -0.2) is 4.79 Å². The number of hydrogen-bond donors (Lipinski definition) is 0. The number of rotatable bonds is 2. The Labute approximate surface area is 123 Å². The third kappa shape index (κ3) is 1.97. The van der Waals surface area contributed by atoms with Crippen molar-refractivity contribution >= 4 is 34.6 Å². The van der Waals surface area contributed by atoms with E-state index in [0.717, 1.165) is 10.4 Å². The number of nitrogens with zero attached hydrogens (tertiary/aromatic N) is 3. The minimum absolute atomic E-state index is 0.361. The van der Waals surface area contributed by atoms with E-state index < -0.39 is 5.97 Å². The Kier molecular flexibility index (Phi) is 3.19. The summed E-state index contributed by atoms with van der Waals surface area (Å²) in [5.74, 6) is 0.219. The number of fused-ring (bicyclic) bond motifs is 1. The number of thiophene rings is 1. The molecule has 0 bridgehead atoms. The van der Waals surface area contributed by atoms with Crippen molar-refractivity contribution in [3.63, 3.8) is 0 Å². The summed E-state index contributed by atoms with van der Waals surface area (Å²) in [6, 6.07) is 3.54. The Morgan fingerprint density at radius 2 is 2.25 bits per heavy atom. The molecule has 0 radical (unpaired) electrons. The van der Waals surface area contributed by atoms with E-state index in [1.807, 2.05) is 18.4 Å². The van der Waals surface area contributed by atoms with Crippen LogP contribution in [0.4, 0.5) is 0 Å². The fourth-order valence-electron chi connectivity index (χ4n) is 1.94. The van der Waals surface area contributed by atoms with Gasteiger partial charge in [0.25, 0.3) is 0 Å². The molecule has 0 saturated heterocycles. The van der Waals surface area contributed by atoms with E-state index >= 15 is 0 Å². The van der Waals surface area contributed by atoms with Crippen molar-refractivity contribution in [1.82, 2.24) is 14.6 Å². The molecule has 0 aliphatic carbocycles. The first-order valence-electron chi connectivity index (χ1n) is 5.79. The van der Waals surface area contributed by atoms with Gasteiger partial charge in [0.15, 0.2) is 11.5 Å². The highest BCUT2D eigenvalue weighted by molar-refractivity contribution is 7.13. The van der Waals surface area contributed by atoms with E-state index in [1.165, 1.54) is 13.2 Å². The summed E-state index contributed by atoms with van der Waals surface area (Å²) in [4.78, 5) is 12.7. The van der Waals surface area contributed by atoms with E-state index in [-0.39, 0.29) is 0 Å². The van der Waals surface area contributed by atoms with Crippen LogP contribution in [0.3, 0.4) is 0 Å². The molecule has 0 saturated carbocycles. The number of carbonyl (C=O) groups excluding carboxylic acids is 1. The van der Waals surface area contributed by atoms with Crippen molar-refractivity contribution in [3.8, 4) is 10.7 Å². The molecule has 5 nitrogen and oxygen atoms in total. The zero-order chi connectivity index (χ0) is 14.3. The molecule has 0 atom stereocenters. The van der Waals surface area contributed by atoms with Crippen LogP contribution in [0.2, 0.25) is 5.02 Å². The van der Waals surface area contributed by atoms with Crippen molar-refractivity contribution < 1.29 is 9.53 Å². The smallest absolute Gasteiger partial charge is 0.339 e. The molecular weight excluding hydrogens is 298 g/mol. The molecule has 0 N–H and O–H groups in total. The largest absolute Gasteiger partial charge is 0.465 e. The minimum Gasteiger partial charge on any atom is -0.465 e. The standard InChI is InChI=1S/C13H10ClN3O2S/c1-7-3-4-20-10(7)12-16-15-11-9(14)5-8(6-17(11)12)13(18)19-2/h3-6H,1-2H3. The van der Waals surface area contributed by atoms with Crippen LogP contribution in [0.5, 0.6) is 0 Å². The molecule has 0 amide bonds. The van der Waals surface area contributed by atoms with Gasteiger partial charge in [0, 0.05) is 6.20 Å². The van der Waals surface area contributed by atoms with Crippen LogP contribution >= 0.6 is 22.9 Å². The molecule has 0 spiro atoms. The van der Waals surface area contributed by atoms with Gasteiger partial charge >= 0.3 is 5.97 Å². The summed E-state index contributed by atoms with van der Waals surface area (Å²) in [7, 11) is 1.33. The van der Waals surface area contributed by atoms with Crippen molar-refractivity contribution in [3.05, 3.63) is 39.9 Å². The van der Waals surface area contributed by atoms with Gasteiger partial charge in [-0.2, -0.15) is 0 Å². The summed E-state index contributed by atoms with van der Waals surface area (Å²) in [5.41, 5.74) is 1.98. The van der Waals surface area contributed by atoms with Crippen molar-refractivity contribution in [2.24, 2.45) is 0 Å². The van der Waals surface area contributed by atoms with Crippen molar-refractivity contribution in [2.45, 2.75) is 6.92 Å². The van der Waals surface area contributed by atoms with Crippen LogP contribution in [-0.2, 0) is 4.74 Å². The lowest BCUT2D eigenvalue weighted by Gasteiger charge is -2.04. The lowest BCUT2D eigenvalue weighted by atomic mass is 10.2. The highest BCUT2D eigenvalue weighted by Gasteiger charge is 2.17. The number of aromatic nitrogens is 3. The fraction of sp³-hybridized carbons (Fsp3) is 0.154. The maximum absolute atomic E-state index is 11.7. The number of ether oxygens (including phenoxy) is 1. The van der Waals surface area contributed by atoms with Crippen LogP contribution in [0.1, 0.15) is 15.9 Å². The highest BCUT2D eigenvalue weighted by Crippen LogP contribution is 2.30. The topological polar surface area (TPSA) is 56.5 Å². The van der Waals surface area contributed by atoms with E-state index in [2.05, 4.69) is 10.2 Å². The predicted octanol–water partition coefficient (Wildman–Crippen LogP) is 3.21. The normalized spacial score (nSPS) is 10.9. The van der Waals surface area contributed by atoms with Crippen LogP contribution in [0.25, 0.3) is 16.3 Å². The zero-order valence-electron chi connectivity index (χ0n) is 10.8. The zero-order valence-corrected chi connectivity index (χ0v) is 12.3. The van der Waals surface area contributed by atoms with Crippen molar-refractivity contribution in [2.75, 3.05) is 7.11 Å². The van der Waals surface area contributed by atoms with Crippen molar-refractivity contribution in [1.29, 1.82) is 0 Å². The predicted molar refractivity (Wildman–Crippen MR) is 77.4 cm³/mol. The highest BCUT2D eigenvalue weighted by atomic mass is 35.5. The van der Waals surface area contributed by atoms with E-state index in [4.69, 9.17) is 16.3 Å². The average Bonchev–Trinajstić information content (AvgIpc) is 3.03. The second-order valence-electron chi connectivity index (χ2n) is 4.22. The molecule has 0 aliphatic heterocycles. The van der Waals surface area contributed by atoms with Crippen LogP contribution in [0.15, 0.2) is 23.7 Å². The maximum Gasteiger partial charge on any atom is 0.339 e. The lowest BCUT2D eigenvalue weighted by molar-refractivity contribution is 0.0600. The van der Waals surface area contributed by atoms with Gasteiger partial charge in [-0.1, -0.05) is 11.6 Å². The lowest BCUT2D eigenvalue weighted by Crippen LogP contribution is -2.03. The number of pyridine rings is 1. The summed E-state index contributed by atoms with van der Waals surface area (Å²) >= 11 is 7.72. The van der Waals surface area contributed by atoms with E-state index in [1.54, 1.807) is 21.9 Å². The molecule has 3 rings (SSSR count). The number of halogens is 1. The van der Waals surface area contributed by atoms with Gasteiger partial charge < -0.3 is 4.74 Å². The van der Waals surface area contributed by atoms with Gasteiger partial charge in [-0.15, -0.1) is 21.5 Å². The van der Waals surface area contributed by atoms with Crippen LogP contribution in [0, 0.1) is 6.92 Å². The SMILES string of the molecule is COC(=O)c1cc(Cl)c2nnc(-c3sccc3C)n2c1. The summed E-state index contributed by atoms with van der Waals surface area (Å²) in [6.07, 6.45) is 1.64. The molecule has 3 aromatic heterocycles. The molecule has 3 heterocycles. The third-order valence-electron chi connectivity index (χ3n) is 2.95. The van der Waals surface area contributed by atoms with Gasteiger partial charge in [0.05, 0.1) is 22.6 Å². The molecule has 0 unspecified atom stereocenters. The first-order valence-corrected chi connectivity index (χ1v) is 7.04. The Morgan fingerprint density at radius 3 is 2.90 bits per heavy atom. The number of hydrogen-bond acceptors (Lipinski definition) is 5. The maximum atomic E-state index is 11.7. The average molecular weight is 308 g/mol. The minimum atomic E-state index is -0.448. The monoisotopic (exact) mass is 307 g/mol. The second-order valence-corrected chi connectivity index (χ2v) is 5.54. The molecular formula is C13H10ClN3O2S. The van der Waals surface area contributed by atoms with Crippen LogP contribution in [-0.4, -0.2) is 27.7 Å². The molecule has 3 aromatic rings. The molecule has 0 aromatic carbocycles. The van der Waals surface area contributed by atoms with E-state index in [9.17, 15) is 4.79 Å². The number of methoxy groups -OCH3 is 1. The first-order chi connectivity index (χ1) is 9.61. The van der Waals surface area contributed by atoms with E-state index in [0.29, 0.717) is 22.1 Å². The molecule has 7 heteroatoms. The second kappa shape index (κ2) is 4.88. The van der Waals surface area contributed by atoms with Gasteiger partial charge in [0.1, 0.15) is 0 Å².